The number of carbonyl (C=O) groups is 1. The first-order valence-electron chi connectivity index (χ1n) is 6.17. The number of amides is 1. The Labute approximate surface area is 113 Å². The van der Waals surface area contributed by atoms with Gasteiger partial charge >= 0.3 is 0 Å². The summed E-state index contributed by atoms with van der Waals surface area (Å²) in [6.45, 7) is 0. The molecule has 1 aromatic rings. The smallest absolute Gasteiger partial charge is 0.274 e. The Balaban J connectivity index is 1.85. The number of aromatic amines is 1. The fraction of sp³-hybridized carbons (Fsp3) is 0.583. The fourth-order valence-electron chi connectivity index (χ4n) is 3.04. The SMILES string of the molecule is O=C(c1ccc(=O)[nH]n1)N1C2CCC1CC(Br)C2. The van der Waals surface area contributed by atoms with Gasteiger partial charge in [0.05, 0.1) is 0 Å². The zero-order chi connectivity index (χ0) is 12.7. The van der Waals surface area contributed by atoms with Crippen LogP contribution in [0.3, 0.4) is 0 Å². The molecule has 3 heterocycles. The lowest BCUT2D eigenvalue weighted by molar-refractivity contribution is 0.0596. The van der Waals surface area contributed by atoms with E-state index < -0.39 is 0 Å². The van der Waals surface area contributed by atoms with Crippen LogP contribution in [0.25, 0.3) is 0 Å². The molecule has 1 amide bonds. The van der Waals surface area contributed by atoms with Crippen LogP contribution in [-0.4, -0.2) is 37.9 Å². The number of hydrogen-bond donors (Lipinski definition) is 1. The molecule has 0 aliphatic carbocycles. The van der Waals surface area contributed by atoms with Crippen LogP contribution in [0.2, 0.25) is 0 Å². The number of alkyl halides is 1. The molecule has 2 atom stereocenters. The number of nitrogens with one attached hydrogen (secondary N) is 1. The van der Waals surface area contributed by atoms with Crippen molar-refractivity contribution in [3.8, 4) is 0 Å². The standard InChI is InChI=1S/C12H14BrN3O2/c13-7-5-8-1-2-9(6-7)16(8)12(18)10-3-4-11(17)15-14-10/h3-4,7-9H,1-2,5-6H2,(H,15,17). The minimum atomic E-state index is -0.284. The number of aromatic nitrogens is 2. The average molecular weight is 312 g/mol. The summed E-state index contributed by atoms with van der Waals surface area (Å²) in [5.74, 6) is -0.0573. The average Bonchev–Trinajstić information content (AvgIpc) is 2.62. The van der Waals surface area contributed by atoms with Crippen LogP contribution in [0, 0.1) is 0 Å². The number of hydrogen-bond acceptors (Lipinski definition) is 3. The molecule has 0 aromatic carbocycles. The lowest BCUT2D eigenvalue weighted by Crippen LogP contribution is -2.47. The van der Waals surface area contributed by atoms with E-state index >= 15 is 0 Å². The van der Waals surface area contributed by atoms with Crippen LogP contribution < -0.4 is 5.56 Å². The van der Waals surface area contributed by atoms with Gasteiger partial charge in [-0.15, -0.1) is 0 Å². The van der Waals surface area contributed by atoms with Crippen molar-refractivity contribution < 1.29 is 4.79 Å². The van der Waals surface area contributed by atoms with E-state index in [0.717, 1.165) is 25.7 Å². The molecule has 0 radical (unpaired) electrons. The van der Waals surface area contributed by atoms with Crippen LogP contribution >= 0.6 is 15.9 Å². The Bertz CT molecular complexity index is 496. The molecular weight excluding hydrogens is 298 g/mol. The molecule has 96 valence electrons. The number of nitrogens with zero attached hydrogens (tertiary/aromatic N) is 2. The number of H-pyrrole nitrogens is 1. The van der Waals surface area contributed by atoms with Crippen molar-refractivity contribution in [3.05, 3.63) is 28.2 Å². The van der Waals surface area contributed by atoms with Gasteiger partial charge in [-0.25, -0.2) is 5.10 Å². The van der Waals surface area contributed by atoms with Crippen molar-refractivity contribution >= 4 is 21.8 Å². The van der Waals surface area contributed by atoms with Crippen LogP contribution in [0.1, 0.15) is 36.2 Å². The monoisotopic (exact) mass is 311 g/mol. The second-order valence-corrected chi connectivity index (χ2v) is 6.27. The molecule has 0 spiro atoms. The molecule has 2 saturated heterocycles. The minimum absolute atomic E-state index is 0.0573. The second kappa shape index (κ2) is 4.50. The fourth-order valence-corrected chi connectivity index (χ4v) is 3.90. The van der Waals surface area contributed by atoms with Gasteiger partial charge in [0.15, 0.2) is 0 Å². The number of carbonyl (C=O) groups excluding carboxylic acids is 1. The topological polar surface area (TPSA) is 66.1 Å². The normalized spacial score (nSPS) is 30.5. The highest BCUT2D eigenvalue weighted by Gasteiger charge is 2.43. The van der Waals surface area contributed by atoms with E-state index in [1.54, 1.807) is 0 Å². The van der Waals surface area contributed by atoms with Crippen LogP contribution in [0.5, 0.6) is 0 Å². The first-order valence-corrected chi connectivity index (χ1v) is 7.09. The summed E-state index contributed by atoms with van der Waals surface area (Å²) in [4.78, 5) is 25.8. The van der Waals surface area contributed by atoms with Crippen molar-refractivity contribution in [1.82, 2.24) is 15.1 Å². The van der Waals surface area contributed by atoms with Gasteiger partial charge in [-0.2, -0.15) is 5.10 Å². The number of fused-ring (bicyclic) bond motifs is 2. The van der Waals surface area contributed by atoms with Gasteiger partial charge in [-0.1, -0.05) is 15.9 Å². The Hall–Kier alpha value is -1.17. The minimum Gasteiger partial charge on any atom is -0.331 e. The first kappa shape index (κ1) is 11.9. The summed E-state index contributed by atoms with van der Waals surface area (Å²) in [5, 5.41) is 6.15. The Morgan fingerprint density at radius 3 is 2.56 bits per heavy atom. The maximum Gasteiger partial charge on any atom is 0.274 e. The van der Waals surface area contributed by atoms with Gasteiger partial charge < -0.3 is 4.90 Å². The maximum absolute atomic E-state index is 12.4. The zero-order valence-electron chi connectivity index (χ0n) is 9.80. The van der Waals surface area contributed by atoms with Crippen LogP contribution in [-0.2, 0) is 0 Å². The first-order chi connectivity index (χ1) is 8.65. The van der Waals surface area contributed by atoms with E-state index in [1.165, 1.54) is 12.1 Å². The third-order valence-electron chi connectivity index (χ3n) is 3.81. The van der Waals surface area contributed by atoms with Gasteiger partial charge in [0.25, 0.3) is 11.5 Å². The van der Waals surface area contributed by atoms with Crippen molar-refractivity contribution in [3.63, 3.8) is 0 Å². The van der Waals surface area contributed by atoms with Gasteiger partial charge in [0.2, 0.25) is 0 Å². The third kappa shape index (κ3) is 1.98. The molecule has 2 fully saturated rings. The van der Waals surface area contributed by atoms with E-state index in [1.807, 2.05) is 4.90 Å². The lowest BCUT2D eigenvalue weighted by Gasteiger charge is -2.36. The highest BCUT2D eigenvalue weighted by Crippen LogP contribution is 2.38. The molecule has 18 heavy (non-hydrogen) atoms. The molecule has 1 N–H and O–H groups in total. The largest absolute Gasteiger partial charge is 0.331 e. The Kier molecular flexibility index (Phi) is 2.97. The van der Waals surface area contributed by atoms with Crippen LogP contribution in [0.15, 0.2) is 16.9 Å². The molecule has 6 heteroatoms. The summed E-state index contributed by atoms with van der Waals surface area (Å²) in [7, 11) is 0. The second-order valence-electron chi connectivity index (χ2n) is 4.97. The summed E-state index contributed by atoms with van der Waals surface area (Å²) < 4.78 is 0. The maximum atomic E-state index is 12.4. The predicted molar refractivity (Wildman–Crippen MR) is 69.8 cm³/mol. The van der Waals surface area contributed by atoms with E-state index in [9.17, 15) is 9.59 Å². The molecule has 2 unspecified atom stereocenters. The molecule has 2 aliphatic heterocycles. The summed E-state index contributed by atoms with van der Waals surface area (Å²) in [6.07, 6.45) is 4.15. The van der Waals surface area contributed by atoms with Gasteiger partial charge in [0.1, 0.15) is 5.69 Å². The van der Waals surface area contributed by atoms with Gasteiger partial charge in [-0.3, -0.25) is 9.59 Å². The molecule has 2 bridgehead atoms. The predicted octanol–water partition coefficient (Wildman–Crippen LogP) is 1.30. The molecule has 3 rings (SSSR count). The van der Waals surface area contributed by atoms with Crippen molar-refractivity contribution in [2.75, 3.05) is 0 Å². The number of piperidine rings is 1. The Morgan fingerprint density at radius 1 is 1.33 bits per heavy atom. The van der Waals surface area contributed by atoms with Crippen LogP contribution in [0.4, 0.5) is 0 Å². The molecule has 5 nitrogen and oxygen atoms in total. The van der Waals surface area contributed by atoms with Gasteiger partial charge in [-0.05, 0) is 31.7 Å². The summed E-state index contributed by atoms with van der Waals surface area (Å²) in [6, 6.07) is 3.48. The van der Waals surface area contributed by atoms with Crippen molar-refractivity contribution in [2.24, 2.45) is 0 Å². The summed E-state index contributed by atoms with van der Waals surface area (Å²) in [5.41, 5.74) is 0.0493. The van der Waals surface area contributed by atoms with E-state index in [4.69, 9.17) is 0 Å². The van der Waals surface area contributed by atoms with Crippen molar-refractivity contribution in [1.29, 1.82) is 0 Å². The zero-order valence-corrected chi connectivity index (χ0v) is 11.4. The molecule has 0 saturated carbocycles. The molecule has 2 aliphatic rings. The highest BCUT2D eigenvalue weighted by molar-refractivity contribution is 9.09. The summed E-state index contributed by atoms with van der Waals surface area (Å²) >= 11 is 3.65. The Morgan fingerprint density at radius 2 is 2.00 bits per heavy atom. The molecule has 1 aromatic heterocycles. The highest BCUT2D eigenvalue weighted by atomic mass is 79.9. The third-order valence-corrected chi connectivity index (χ3v) is 4.56. The quantitative estimate of drug-likeness (QED) is 0.795. The van der Waals surface area contributed by atoms with E-state index in [0.29, 0.717) is 22.6 Å². The molecular formula is C12H14BrN3O2. The number of rotatable bonds is 1. The number of halogens is 1. The van der Waals surface area contributed by atoms with Crippen molar-refractivity contribution in [2.45, 2.75) is 42.6 Å². The van der Waals surface area contributed by atoms with E-state index in [-0.39, 0.29) is 11.5 Å². The van der Waals surface area contributed by atoms with E-state index in [2.05, 4.69) is 26.1 Å². The van der Waals surface area contributed by atoms with Gasteiger partial charge in [0, 0.05) is 23.0 Å². The lowest BCUT2D eigenvalue weighted by atomic mass is 10.0.